The molecule has 0 unspecified atom stereocenters. The van der Waals surface area contributed by atoms with Gasteiger partial charge in [0.2, 0.25) is 5.91 Å². The van der Waals surface area contributed by atoms with Gasteiger partial charge >= 0.3 is 6.09 Å². The maximum atomic E-state index is 12.7. The Morgan fingerprint density at radius 3 is 2.74 bits per heavy atom. The Morgan fingerprint density at radius 2 is 2.03 bits per heavy atom. The van der Waals surface area contributed by atoms with Crippen LogP contribution >= 0.6 is 0 Å². The number of carbonyl (C=O) groups is 2. The Kier molecular flexibility index (Phi) is 6.63. The summed E-state index contributed by atoms with van der Waals surface area (Å²) >= 11 is 0. The van der Waals surface area contributed by atoms with Gasteiger partial charge in [-0.1, -0.05) is 37.3 Å². The van der Waals surface area contributed by atoms with E-state index in [-0.39, 0.29) is 17.9 Å². The highest BCUT2D eigenvalue weighted by atomic mass is 16.6. The van der Waals surface area contributed by atoms with Crippen molar-refractivity contribution in [3.63, 3.8) is 0 Å². The van der Waals surface area contributed by atoms with E-state index in [2.05, 4.69) is 15.6 Å². The predicted octanol–water partition coefficient (Wildman–Crippen LogP) is 4.86. The molecule has 1 aromatic heterocycles. The Morgan fingerprint density at radius 1 is 1.26 bits per heavy atom. The highest BCUT2D eigenvalue weighted by Crippen LogP contribution is 2.32. The number of hydrogen-bond donors (Lipinski definition) is 2. The van der Waals surface area contributed by atoms with Crippen LogP contribution in [0.1, 0.15) is 45.7 Å². The van der Waals surface area contributed by atoms with Gasteiger partial charge in [0.15, 0.2) is 0 Å². The molecule has 1 aliphatic heterocycles. The number of hydrogen-bond acceptors (Lipinski definition) is 5. The first-order valence-corrected chi connectivity index (χ1v) is 10.3. The first kappa shape index (κ1) is 22.3. The van der Waals surface area contributed by atoms with Crippen LogP contribution in [0.25, 0.3) is 11.3 Å². The third kappa shape index (κ3) is 5.84. The van der Waals surface area contributed by atoms with E-state index in [1.165, 1.54) is 0 Å². The zero-order valence-electron chi connectivity index (χ0n) is 18.6. The molecule has 0 fully saturated rings. The molecule has 1 aliphatic rings. The van der Waals surface area contributed by atoms with Crippen LogP contribution in [-0.4, -0.2) is 29.7 Å². The third-order valence-electron chi connectivity index (χ3n) is 4.82. The molecule has 0 aliphatic carbocycles. The number of anilines is 1. The molecule has 2 atom stereocenters. The van der Waals surface area contributed by atoms with Crippen LogP contribution in [0.3, 0.4) is 0 Å². The normalized spacial score (nSPS) is 18.7. The number of benzene rings is 1. The smallest absolute Gasteiger partial charge is 0.408 e. The molecule has 2 N–H and O–H groups in total. The van der Waals surface area contributed by atoms with E-state index < -0.39 is 11.7 Å². The summed E-state index contributed by atoms with van der Waals surface area (Å²) in [6.45, 7) is 7.29. The lowest BCUT2D eigenvalue weighted by molar-refractivity contribution is -0.118. The summed E-state index contributed by atoms with van der Waals surface area (Å²) < 4.78 is 10.7. The summed E-state index contributed by atoms with van der Waals surface area (Å²) in [7, 11) is 1.56. The van der Waals surface area contributed by atoms with Crippen molar-refractivity contribution in [1.82, 2.24) is 10.3 Å². The number of methoxy groups -OCH3 is 1. The quantitative estimate of drug-likeness (QED) is 0.674. The van der Waals surface area contributed by atoms with Gasteiger partial charge in [-0.2, -0.15) is 0 Å². The molecule has 7 nitrogen and oxygen atoms in total. The monoisotopic (exact) mass is 423 g/mol. The SMILES string of the molecule is COc1cnc2c(c1)NC(=O)[C@H](C)C=CC[C@H](NC(=O)OC(C)(C)C)c1cccc-2c1. The van der Waals surface area contributed by atoms with Crippen LogP contribution in [-0.2, 0) is 9.53 Å². The van der Waals surface area contributed by atoms with Crippen molar-refractivity contribution in [2.45, 2.75) is 45.8 Å². The van der Waals surface area contributed by atoms with Gasteiger partial charge in [0, 0.05) is 11.6 Å². The van der Waals surface area contributed by atoms with E-state index in [9.17, 15) is 9.59 Å². The van der Waals surface area contributed by atoms with Crippen LogP contribution in [0.4, 0.5) is 10.5 Å². The van der Waals surface area contributed by atoms with Crippen LogP contribution < -0.4 is 15.4 Å². The van der Waals surface area contributed by atoms with Crippen molar-refractivity contribution in [3.05, 3.63) is 54.2 Å². The fourth-order valence-electron chi connectivity index (χ4n) is 3.27. The summed E-state index contributed by atoms with van der Waals surface area (Å²) in [4.78, 5) is 29.7. The Labute approximate surface area is 182 Å². The second-order valence-corrected chi connectivity index (χ2v) is 8.54. The van der Waals surface area contributed by atoms with Gasteiger partial charge in [0.1, 0.15) is 11.4 Å². The number of fused-ring (bicyclic) bond motifs is 4. The number of rotatable bonds is 2. The van der Waals surface area contributed by atoms with Crippen LogP contribution in [0.2, 0.25) is 0 Å². The molecule has 2 amide bonds. The third-order valence-corrected chi connectivity index (χ3v) is 4.82. The number of ether oxygens (including phenoxy) is 2. The van der Waals surface area contributed by atoms with E-state index >= 15 is 0 Å². The van der Waals surface area contributed by atoms with Crippen molar-refractivity contribution in [2.24, 2.45) is 5.92 Å². The molecule has 0 spiro atoms. The van der Waals surface area contributed by atoms with Crippen molar-refractivity contribution in [1.29, 1.82) is 0 Å². The summed E-state index contributed by atoms with van der Waals surface area (Å²) in [6, 6.07) is 9.18. The topological polar surface area (TPSA) is 89.5 Å². The van der Waals surface area contributed by atoms with Gasteiger partial charge in [0.25, 0.3) is 0 Å². The molecule has 0 saturated carbocycles. The minimum atomic E-state index is -0.596. The maximum absolute atomic E-state index is 12.7. The number of amides is 2. The molecule has 31 heavy (non-hydrogen) atoms. The first-order valence-electron chi connectivity index (χ1n) is 10.3. The molecule has 0 saturated heterocycles. The molecule has 7 heteroatoms. The number of nitrogens with one attached hydrogen (secondary N) is 2. The highest BCUT2D eigenvalue weighted by Gasteiger charge is 2.22. The largest absolute Gasteiger partial charge is 0.495 e. The van der Waals surface area contributed by atoms with Gasteiger partial charge in [-0.25, -0.2) is 4.79 Å². The Hall–Kier alpha value is -3.35. The maximum Gasteiger partial charge on any atom is 0.408 e. The van der Waals surface area contributed by atoms with E-state index in [4.69, 9.17) is 9.47 Å². The number of alkyl carbamates (subject to hydrolysis) is 1. The molecule has 3 rings (SSSR count). The second-order valence-electron chi connectivity index (χ2n) is 8.54. The van der Waals surface area contributed by atoms with E-state index in [1.54, 1.807) is 19.4 Å². The standard InChI is InChI=1S/C24H29N3O4/c1-15-8-6-11-19(27-23(29)31-24(2,3)4)16-9-7-10-17(12-16)21-20(26-22(15)28)13-18(30-5)14-25-21/h6-10,12-15,19H,11H2,1-5H3,(H,26,28)(H,27,29)/t15-,19+/m1/s1. The van der Waals surface area contributed by atoms with E-state index in [1.807, 2.05) is 64.1 Å². The van der Waals surface area contributed by atoms with Gasteiger partial charge in [0.05, 0.1) is 36.6 Å². The zero-order valence-corrected chi connectivity index (χ0v) is 18.6. The number of pyridine rings is 1. The fourth-order valence-corrected chi connectivity index (χ4v) is 3.27. The van der Waals surface area contributed by atoms with Gasteiger partial charge in [-0.05, 0) is 38.8 Å². The lowest BCUT2D eigenvalue weighted by Crippen LogP contribution is -2.35. The van der Waals surface area contributed by atoms with Gasteiger partial charge in [-0.15, -0.1) is 0 Å². The van der Waals surface area contributed by atoms with Crippen LogP contribution in [0.5, 0.6) is 5.75 Å². The summed E-state index contributed by atoms with van der Waals surface area (Å²) in [5.74, 6) is 0.0369. The molecule has 2 heterocycles. The van der Waals surface area contributed by atoms with Crippen molar-refractivity contribution < 1.29 is 19.1 Å². The van der Waals surface area contributed by atoms with Crippen molar-refractivity contribution >= 4 is 17.7 Å². The zero-order chi connectivity index (χ0) is 22.6. The molecule has 164 valence electrons. The molecular formula is C24H29N3O4. The average Bonchev–Trinajstić information content (AvgIpc) is 2.71. The summed E-state index contributed by atoms with van der Waals surface area (Å²) in [5, 5.41) is 5.91. The Balaban J connectivity index is 2.04. The molecular weight excluding hydrogens is 394 g/mol. The van der Waals surface area contributed by atoms with E-state index in [0.717, 1.165) is 11.1 Å². The lowest BCUT2D eigenvalue weighted by Gasteiger charge is -2.24. The number of nitrogens with zero attached hydrogens (tertiary/aromatic N) is 1. The number of aromatic nitrogens is 1. The molecule has 1 aromatic carbocycles. The van der Waals surface area contributed by atoms with Crippen LogP contribution in [0.15, 0.2) is 48.7 Å². The highest BCUT2D eigenvalue weighted by molar-refractivity contribution is 5.97. The van der Waals surface area contributed by atoms with E-state index in [0.29, 0.717) is 23.6 Å². The molecule has 0 radical (unpaired) electrons. The first-order chi connectivity index (χ1) is 14.7. The van der Waals surface area contributed by atoms with Gasteiger partial charge < -0.3 is 20.1 Å². The minimum absolute atomic E-state index is 0.152. The summed E-state index contributed by atoms with van der Waals surface area (Å²) in [6.07, 6.45) is 5.38. The molecule has 2 bridgehead atoms. The minimum Gasteiger partial charge on any atom is -0.495 e. The molecule has 2 aromatic rings. The number of carbonyl (C=O) groups excluding carboxylic acids is 2. The predicted molar refractivity (Wildman–Crippen MR) is 120 cm³/mol. The van der Waals surface area contributed by atoms with Crippen LogP contribution in [0, 0.1) is 5.92 Å². The fraction of sp³-hybridized carbons (Fsp3) is 0.375. The Bertz CT molecular complexity index is 995. The van der Waals surface area contributed by atoms with Gasteiger partial charge in [-0.3, -0.25) is 9.78 Å². The van der Waals surface area contributed by atoms with Crippen molar-refractivity contribution in [2.75, 3.05) is 12.4 Å². The lowest BCUT2D eigenvalue weighted by atomic mass is 9.97. The second kappa shape index (κ2) is 9.20. The van der Waals surface area contributed by atoms with Crippen molar-refractivity contribution in [3.8, 4) is 17.0 Å². The summed E-state index contributed by atoms with van der Waals surface area (Å²) in [5.41, 5.74) is 2.34. The average molecular weight is 424 g/mol.